The lowest BCUT2D eigenvalue weighted by Gasteiger charge is -2.45. The molecule has 3 aliphatic rings. The van der Waals surface area contributed by atoms with Gasteiger partial charge in [0.15, 0.2) is 0 Å². The summed E-state index contributed by atoms with van der Waals surface area (Å²) < 4.78 is 0. The Morgan fingerprint density at radius 3 is 2.76 bits per heavy atom. The SMILES string of the molecule is CC1CCCN(CC(=O)N2c3ccccc3NC(=O)C23CCCC3)C1. The smallest absolute Gasteiger partial charge is 0.250 e. The molecule has 1 saturated heterocycles. The molecule has 134 valence electrons. The van der Waals surface area contributed by atoms with Gasteiger partial charge in [0.05, 0.1) is 17.9 Å². The molecule has 1 unspecified atom stereocenters. The number of hydrogen-bond donors (Lipinski definition) is 1. The minimum Gasteiger partial charge on any atom is -0.322 e. The highest BCUT2D eigenvalue weighted by Crippen LogP contribution is 2.45. The van der Waals surface area contributed by atoms with E-state index in [0.29, 0.717) is 12.5 Å². The fourth-order valence-corrected chi connectivity index (χ4v) is 4.82. The van der Waals surface area contributed by atoms with Gasteiger partial charge in [0.25, 0.3) is 5.91 Å². The molecule has 0 bridgehead atoms. The van der Waals surface area contributed by atoms with Crippen LogP contribution in [0.1, 0.15) is 45.4 Å². The normalized spacial score (nSPS) is 25.7. The monoisotopic (exact) mass is 341 g/mol. The van der Waals surface area contributed by atoms with E-state index in [4.69, 9.17) is 0 Å². The van der Waals surface area contributed by atoms with Gasteiger partial charge in [-0.25, -0.2) is 0 Å². The first-order valence-electron chi connectivity index (χ1n) is 9.56. The van der Waals surface area contributed by atoms with Gasteiger partial charge in [-0.05, 0) is 50.3 Å². The van der Waals surface area contributed by atoms with E-state index in [0.717, 1.165) is 56.6 Å². The molecule has 4 rings (SSSR count). The summed E-state index contributed by atoms with van der Waals surface area (Å²) in [6.45, 7) is 4.61. The van der Waals surface area contributed by atoms with Gasteiger partial charge in [0.2, 0.25) is 5.91 Å². The average Bonchev–Trinajstić information content (AvgIpc) is 3.06. The molecule has 1 aliphatic carbocycles. The standard InChI is InChI=1S/C20H27N3O2/c1-15-7-6-12-22(13-15)14-18(24)23-17-9-3-2-8-16(17)21-19(25)20(23)10-4-5-11-20/h2-3,8-9,15H,4-7,10-14H2,1H3,(H,21,25). The number of fused-ring (bicyclic) bond motifs is 1. The van der Waals surface area contributed by atoms with Crippen molar-refractivity contribution in [1.29, 1.82) is 0 Å². The Bertz CT molecular complexity index is 681. The molecule has 1 N–H and O–H groups in total. The number of anilines is 2. The Labute approximate surface area is 149 Å². The third-order valence-electron chi connectivity index (χ3n) is 6.02. The zero-order valence-electron chi connectivity index (χ0n) is 15.0. The summed E-state index contributed by atoms with van der Waals surface area (Å²) >= 11 is 0. The molecular formula is C20H27N3O2. The van der Waals surface area contributed by atoms with E-state index >= 15 is 0 Å². The summed E-state index contributed by atoms with van der Waals surface area (Å²) in [5.74, 6) is 0.696. The molecule has 5 nitrogen and oxygen atoms in total. The third-order valence-corrected chi connectivity index (χ3v) is 6.02. The van der Waals surface area contributed by atoms with Crippen LogP contribution in [0.3, 0.4) is 0 Å². The summed E-state index contributed by atoms with van der Waals surface area (Å²) in [5.41, 5.74) is 0.928. The van der Waals surface area contributed by atoms with Crippen LogP contribution in [0.2, 0.25) is 0 Å². The fourth-order valence-electron chi connectivity index (χ4n) is 4.82. The zero-order valence-corrected chi connectivity index (χ0v) is 15.0. The van der Waals surface area contributed by atoms with Crippen molar-refractivity contribution in [3.63, 3.8) is 0 Å². The van der Waals surface area contributed by atoms with Crippen LogP contribution in [0.25, 0.3) is 0 Å². The summed E-state index contributed by atoms with van der Waals surface area (Å²) in [6.07, 6.45) is 5.91. The maximum atomic E-state index is 13.3. The average molecular weight is 341 g/mol. The predicted molar refractivity (Wildman–Crippen MR) is 98.6 cm³/mol. The molecule has 5 heteroatoms. The molecule has 25 heavy (non-hydrogen) atoms. The molecule has 1 spiro atoms. The molecule has 1 aromatic rings. The van der Waals surface area contributed by atoms with E-state index < -0.39 is 5.54 Å². The van der Waals surface area contributed by atoms with Crippen LogP contribution in [0, 0.1) is 5.92 Å². The number of nitrogens with zero attached hydrogens (tertiary/aromatic N) is 2. The van der Waals surface area contributed by atoms with Crippen molar-refractivity contribution in [2.45, 2.75) is 51.0 Å². The van der Waals surface area contributed by atoms with Crippen LogP contribution >= 0.6 is 0 Å². The molecular weight excluding hydrogens is 314 g/mol. The third kappa shape index (κ3) is 2.84. The van der Waals surface area contributed by atoms with Crippen LogP contribution < -0.4 is 10.2 Å². The Morgan fingerprint density at radius 2 is 2.00 bits per heavy atom. The Hall–Kier alpha value is -1.88. The van der Waals surface area contributed by atoms with Gasteiger partial charge in [-0.1, -0.05) is 31.9 Å². The largest absolute Gasteiger partial charge is 0.322 e. The molecule has 2 aliphatic heterocycles. The lowest BCUT2D eigenvalue weighted by Crippen LogP contribution is -2.62. The zero-order chi connectivity index (χ0) is 17.4. The molecule has 0 aromatic heterocycles. The first kappa shape index (κ1) is 16.6. The number of carbonyl (C=O) groups is 2. The van der Waals surface area contributed by atoms with Crippen LogP contribution in [0.15, 0.2) is 24.3 Å². The highest BCUT2D eigenvalue weighted by Gasteiger charge is 2.52. The summed E-state index contributed by atoms with van der Waals surface area (Å²) in [5, 5.41) is 3.04. The fraction of sp³-hybridized carbons (Fsp3) is 0.600. The van der Waals surface area contributed by atoms with Crippen LogP contribution in [-0.4, -0.2) is 41.9 Å². The van der Waals surface area contributed by atoms with E-state index in [-0.39, 0.29) is 11.8 Å². The number of benzene rings is 1. The van der Waals surface area contributed by atoms with Crippen molar-refractivity contribution in [2.75, 3.05) is 29.9 Å². The molecule has 1 aromatic carbocycles. The molecule has 1 atom stereocenters. The second-order valence-electron chi connectivity index (χ2n) is 7.92. The lowest BCUT2D eigenvalue weighted by atomic mass is 9.89. The number of hydrogen-bond acceptors (Lipinski definition) is 3. The van der Waals surface area contributed by atoms with Crippen molar-refractivity contribution < 1.29 is 9.59 Å². The van der Waals surface area contributed by atoms with Crippen molar-refractivity contribution >= 4 is 23.2 Å². The number of carbonyl (C=O) groups excluding carboxylic acids is 2. The second kappa shape index (κ2) is 6.45. The van der Waals surface area contributed by atoms with Crippen molar-refractivity contribution in [2.24, 2.45) is 5.92 Å². The first-order valence-corrected chi connectivity index (χ1v) is 9.56. The number of rotatable bonds is 2. The van der Waals surface area contributed by atoms with E-state index in [1.54, 1.807) is 0 Å². The van der Waals surface area contributed by atoms with Gasteiger partial charge in [0, 0.05) is 6.54 Å². The van der Waals surface area contributed by atoms with E-state index in [1.807, 2.05) is 29.2 Å². The van der Waals surface area contributed by atoms with Crippen molar-refractivity contribution in [3.8, 4) is 0 Å². The summed E-state index contributed by atoms with van der Waals surface area (Å²) in [6, 6.07) is 7.70. The maximum Gasteiger partial charge on any atom is 0.250 e. The van der Waals surface area contributed by atoms with Crippen LogP contribution in [0.4, 0.5) is 11.4 Å². The van der Waals surface area contributed by atoms with E-state index in [2.05, 4.69) is 17.1 Å². The molecule has 2 amide bonds. The number of likely N-dealkylation sites (tertiary alicyclic amines) is 1. The highest BCUT2D eigenvalue weighted by atomic mass is 16.2. The molecule has 2 heterocycles. The molecule has 2 fully saturated rings. The number of piperidine rings is 1. The van der Waals surface area contributed by atoms with Crippen LogP contribution in [-0.2, 0) is 9.59 Å². The van der Waals surface area contributed by atoms with Gasteiger partial charge < -0.3 is 5.32 Å². The van der Waals surface area contributed by atoms with Crippen molar-refractivity contribution in [1.82, 2.24) is 4.90 Å². The highest BCUT2D eigenvalue weighted by molar-refractivity contribution is 6.15. The van der Waals surface area contributed by atoms with E-state index in [9.17, 15) is 9.59 Å². The Balaban J connectivity index is 1.66. The first-order chi connectivity index (χ1) is 12.1. The minimum absolute atomic E-state index is 0.0101. The van der Waals surface area contributed by atoms with Gasteiger partial charge >= 0.3 is 0 Å². The molecule has 0 radical (unpaired) electrons. The summed E-state index contributed by atoms with van der Waals surface area (Å²) in [7, 11) is 0. The number of nitrogens with one attached hydrogen (secondary N) is 1. The van der Waals surface area contributed by atoms with Crippen molar-refractivity contribution in [3.05, 3.63) is 24.3 Å². The quantitative estimate of drug-likeness (QED) is 0.900. The van der Waals surface area contributed by atoms with Gasteiger partial charge in [-0.15, -0.1) is 0 Å². The lowest BCUT2D eigenvalue weighted by molar-refractivity contribution is -0.128. The minimum atomic E-state index is -0.688. The number of para-hydroxylation sites is 2. The topological polar surface area (TPSA) is 52.7 Å². The number of amides is 2. The Kier molecular flexibility index (Phi) is 4.28. The van der Waals surface area contributed by atoms with E-state index in [1.165, 1.54) is 6.42 Å². The predicted octanol–water partition coefficient (Wildman–Crippen LogP) is 3.02. The molecule has 1 saturated carbocycles. The van der Waals surface area contributed by atoms with Gasteiger partial charge in [0.1, 0.15) is 5.54 Å². The Morgan fingerprint density at radius 1 is 1.24 bits per heavy atom. The summed E-state index contributed by atoms with van der Waals surface area (Å²) in [4.78, 5) is 30.4. The van der Waals surface area contributed by atoms with Gasteiger partial charge in [-0.2, -0.15) is 0 Å². The van der Waals surface area contributed by atoms with Gasteiger partial charge in [-0.3, -0.25) is 19.4 Å². The second-order valence-corrected chi connectivity index (χ2v) is 7.92. The van der Waals surface area contributed by atoms with Crippen LogP contribution in [0.5, 0.6) is 0 Å². The maximum absolute atomic E-state index is 13.3.